The molecule has 160 valence electrons. The highest BCUT2D eigenvalue weighted by atomic mass is 32.2. The number of rotatable bonds is 5. The number of amides is 2. The maximum Gasteiger partial charge on any atom is 0.269 e. The van der Waals surface area contributed by atoms with Gasteiger partial charge in [0.15, 0.2) is 0 Å². The Hall–Kier alpha value is -2.78. The van der Waals surface area contributed by atoms with Crippen molar-refractivity contribution in [3.05, 3.63) is 59.4 Å². The quantitative estimate of drug-likeness (QED) is 0.708. The Labute approximate surface area is 175 Å². The molecule has 2 amide bonds. The maximum absolute atomic E-state index is 14.6. The minimum absolute atomic E-state index is 0.101. The van der Waals surface area contributed by atoms with Crippen LogP contribution in [0.2, 0.25) is 0 Å². The molecule has 1 aliphatic heterocycles. The minimum Gasteiger partial charge on any atom is -0.343 e. The van der Waals surface area contributed by atoms with E-state index in [1.54, 1.807) is 17.9 Å². The third kappa shape index (κ3) is 4.85. The van der Waals surface area contributed by atoms with Gasteiger partial charge in [-0.15, -0.1) is 4.83 Å². The first-order chi connectivity index (χ1) is 14.2. The molecule has 1 aliphatic rings. The standard InChI is InChI=1S/C21H24FN3O4S/c1-14-12-17(16-6-4-3-5-7-16)13-19(20(14)22)21(27)23-24-30(28,29)18-8-10-25(11-9-18)15(2)26/h3-7,12-13,18,24H,8-11H2,1-2H3,(H,23,27). The van der Waals surface area contributed by atoms with Crippen molar-refractivity contribution in [3.63, 3.8) is 0 Å². The van der Waals surface area contributed by atoms with Crippen molar-refractivity contribution in [2.45, 2.75) is 31.9 Å². The van der Waals surface area contributed by atoms with Gasteiger partial charge < -0.3 is 4.90 Å². The SMILES string of the molecule is CC(=O)N1CCC(S(=O)(=O)NNC(=O)c2cc(-c3ccccc3)cc(C)c2F)CC1. The summed E-state index contributed by atoms with van der Waals surface area (Å²) in [5.41, 5.74) is 3.62. The second kappa shape index (κ2) is 8.93. The number of hydrogen-bond acceptors (Lipinski definition) is 4. The largest absolute Gasteiger partial charge is 0.343 e. The average molecular weight is 434 g/mol. The van der Waals surface area contributed by atoms with Gasteiger partial charge in [-0.25, -0.2) is 12.8 Å². The summed E-state index contributed by atoms with van der Waals surface area (Å²) < 4.78 is 39.6. The fraction of sp³-hybridized carbons (Fsp3) is 0.333. The predicted molar refractivity (Wildman–Crippen MR) is 111 cm³/mol. The summed E-state index contributed by atoms with van der Waals surface area (Å²) in [6, 6.07) is 12.2. The van der Waals surface area contributed by atoms with Gasteiger partial charge in [-0.3, -0.25) is 15.0 Å². The van der Waals surface area contributed by atoms with E-state index in [-0.39, 0.29) is 29.9 Å². The van der Waals surface area contributed by atoms with E-state index in [2.05, 4.69) is 10.3 Å². The van der Waals surface area contributed by atoms with Gasteiger partial charge >= 0.3 is 0 Å². The molecule has 30 heavy (non-hydrogen) atoms. The van der Waals surface area contributed by atoms with E-state index in [0.29, 0.717) is 18.7 Å². The summed E-state index contributed by atoms with van der Waals surface area (Å²) in [5, 5.41) is -0.740. The Morgan fingerprint density at radius 2 is 1.70 bits per heavy atom. The van der Waals surface area contributed by atoms with Crippen LogP contribution in [0.15, 0.2) is 42.5 Å². The van der Waals surface area contributed by atoms with Gasteiger partial charge in [-0.1, -0.05) is 30.3 Å². The predicted octanol–water partition coefficient (Wildman–Crippen LogP) is 2.38. The molecule has 2 N–H and O–H groups in total. The summed E-state index contributed by atoms with van der Waals surface area (Å²) in [4.78, 5) is 27.6. The molecule has 0 radical (unpaired) electrons. The highest BCUT2D eigenvalue weighted by Gasteiger charge is 2.31. The number of carbonyl (C=O) groups excluding carboxylic acids is 2. The Bertz CT molecular complexity index is 1050. The van der Waals surface area contributed by atoms with Crippen molar-refractivity contribution < 1.29 is 22.4 Å². The Balaban J connectivity index is 1.72. The van der Waals surface area contributed by atoms with Gasteiger partial charge in [0, 0.05) is 20.0 Å². The van der Waals surface area contributed by atoms with E-state index in [4.69, 9.17) is 0 Å². The normalized spacial score (nSPS) is 15.1. The summed E-state index contributed by atoms with van der Waals surface area (Å²) in [6.07, 6.45) is 0.531. The number of hydrogen-bond donors (Lipinski definition) is 2. The molecular weight excluding hydrogens is 409 g/mol. The number of sulfonamides is 1. The zero-order chi connectivity index (χ0) is 21.9. The first-order valence-corrected chi connectivity index (χ1v) is 11.2. The van der Waals surface area contributed by atoms with Gasteiger partial charge in [0.05, 0.1) is 10.8 Å². The molecule has 2 aromatic rings. The fourth-order valence-corrected chi connectivity index (χ4v) is 4.71. The van der Waals surface area contributed by atoms with Crippen LogP contribution < -0.4 is 10.3 Å². The van der Waals surface area contributed by atoms with Crippen LogP contribution in [0.1, 0.15) is 35.7 Å². The van der Waals surface area contributed by atoms with E-state index in [1.807, 2.05) is 30.3 Å². The van der Waals surface area contributed by atoms with Crippen LogP contribution in [0.4, 0.5) is 4.39 Å². The number of likely N-dealkylation sites (tertiary alicyclic amines) is 1. The molecule has 0 saturated carbocycles. The van der Waals surface area contributed by atoms with Crippen LogP contribution in [-0.4, -0.2) is 43.5 Å². The summed E-state index contributed by atoms with van der Waals surface area (Å²) in [5.74, 6) is -1.68. The zero-order valence-electron chi connectivity index (χ0n) is 16.8. The van der Waals surface area contributed by atoms with E-state index in [9.17, 15) is 22.4 Å². The number of aryl methyl sites for hydroxylation is 1. The lowest BCUT2D eigenvalue weighted by Gasteiger charge is -2.30. The van der Waals surface area contributed by atoms with Crippen LogP contribution in [0, 0.1) is 12.7 Å². The average Bonchev–Trinajstić information content (AvgIpc) is 2.74. The first kappa shape index (κ1) is 21.9. The molecule has 1 heterocycles. The molecule has 7 nitrogen and oxygen atoms in total. The third-order valence-corrected chi connectivity index (χ3v) is 6.97. The van der Waals surface area contributed by atoms with Crippen molar-refractivity contribution in [3.8, 4) is 11.1 Å². The second-order valence-corrected chi connectivity index (χ2v) is 9.29. The van der Waals surface area contributed by atoms with Crippen molar-refractivity contribution in [1.82, 2.24) is 15.2 Å². The van der Waals surface area contributed by atoms with Crippen LogP contribution >= 0.6 is 0 Å². The smallest absolute Gasteiger partial charge is 0.269 e. The summed E-state index contributed by atoms with van der Waals surface area (Å²) in [7, 11) is -3.86. The number of piperidine rings is 1. The number of benzene rings is 2. The second-order valence-electron chi connectivity index (χ2n) is 7.33. The lowest BCUT2D eigenvalue weighted by atomic mass is 9.99. The molecule has 0 unspecified atom stereocenters. The highest BCUT2D eigenvalue weighted by molar-refractivity contribution is 7.90. The zero-order valence-corrected chi connectivity index (χ0v) is 17.6. The van der Waals surface area contributed by atoms with Crippen LogP contribution in [0.3, 0.4) is 0 Å². The Morgan fingerprint density at radius 1 is 1.07 bits per heavy atom. The molecule has 9 heteroatoms. The molecule has 1 saturated heterocycles. The molecule has 0 atom stereocenters. The molecule has 0 bridgehead atoms. The summed E-state index contributed by atoms with van der Waals surface area (Å²) >= 11 is 0. The van der Waals surface area contributed by atoms with E-state index in [0.717, 1.165) is 5.56 Å². The summed E-state index contributed by atoms with van der Waals surface area (Å²) in [6.45, 7) is 3.66. The number of carbonyl (C=O) groups is 2. The molecule has 3 rings (SSSR count). The minimum atomic E-state index is -3.86. The topological polar surface area (TPSA) is 95.6 Å². The Morgan fingerprint density at radius 3 is 2.30 bits per heavy atom. The van der Waals surface area contributed by atoms with Gasteiger partial charge in [0.2, 0.25) is 15.9 Å². The van der Waals surface area contributed by atoms with Crippen molar-refractivity contribution in [1.29, 1.82) is 0 Å². The number of nitrogens with one attached hydrogen (secondary N) is 2. The fourth-order valence-electron chi connectivity index (χ4n) is 3.48. The van der Waals surface area contributed by atoms with Crippen molar-refractivity contribution >= 4 is 21.8 Å². The molecule has 0 spiro atoms. The van der Waals surface area contributed by atoms with Gasteiger partial charge in [-0.05, 0) is 48.6 Å². The van der Waals surface area contributed by atoms with Crippen LogP contribution in [0.25, 0.3) is 11.1 Å². The molecule has 0 aliphatic carbocycles. The van der Waals surface area contributed by atoms with E-state index >= 15 is 0 Å². The first-order valence-electron chi connectivity index (χ1n) is 9.61. The molecular formula is C21H24FN3O4S. The van der Waals surface area contributed by atoms with E-state index < -0.39 is 27.0 Å². The van der Waals surface area contributed by atoms with Gasteiger partial charge in [0.1, 0.15) is 5.82 Å². The van der Waals surface area contributed by atoms with Crippen LogP contribution in [0.5, 0.6) is 0 Å². The molecule has 2 aromatic carbocycles. The third-order valence-electron chi connectivity index (χ3n) is 5.24. The molecule has 1 fully saturated rings. The van der Waals surface area contributed by atoms with Gasteiger partial charge in [-0.2, -0.15) is 0 Å². The number of nitrogens with zero attached hydrogens (tertiary/aromatic N) is 1. The Kier molecular flexibility index (Phi) is 6.52. The van der Waals surface area contributed by atoms with Crippen molar-refractivity contribution in [2.75, 3.05) is 13.1 Å². The van der Waals surface area contributed by atoms with Crippen LogP contribution in [-0.2, 0) is 14.8 Å². The highest BCUT2D eigenvalue weighted by Crippen LogP contribution is 2.25. The lowest BCUT2D eigenvalue weighted by molar-refractivity contribution is -0.129. The van der Waals surface area contributed by atoms with E-state index in [1.165, 1.54) is 13.0 Å². The lowest BCUT2D eigenvalue weighted by Crippen LogP contribution is -2.50. The van der Waals surface area contributed by atoms with Gasteiger partial charge in [0.25, 0.3) is 5.91 Å². The number of halogens is 1. The maximum atomic E-state index is 14.6. The van der Waals surface area contributed by atoms with Crippen molar-refractivity contribution in [2.24, 2.45) is 0 Å². The number of hydrazine groups is 1. The molecule has 0 aromatic heterocycles. The monoisotopic (exact) mass is 433 g/mol.